The van der Waals surface area contributed by atoms with Gasteiger partial charge in [0.05, 0.1) is 6.10 Å². The molecule has 1 aliphatic heterocycles. The summed E-state index contributed by atoms with van der Waals surface area (Å²) in [5.74, 6) is 0.686. The molecular formula is C15H16O6S. The summed E-state index contributed by atoms with van der Waals surface area (Å²) in [5, 5.41) is 29.9. The van der Waals surface area contributed by atoms with Gasteiger partial charge >= 0.3 is 5.63 Å². The lowest BCUT2D eigenvalue weighted by molar-refractivity contribution is -0.0786. The van der Waals surface area contributed by atoms with Crippen molar-refractivity contribution in [3.8, 4) is 5.75 Å². The molecule has 1 fully saturated rings. The number of aryl methyl sites for hydroxylation is 1. The van der Waals surface area contributed by atoms with Crippen molar-refractivity contribution in [3.63, 3.8) is 0 Å². The van der Waals surface area contributed by atoms with Crippen LogP contribution in [0.5, 0.6) is 5.75 Å². The highest BCUT2D eigenvalue weighted by atomic mass is 32.2. The maximum atomic E-state index is 11.4. The van der Waals surface area contributed by atoms with Gasteiger partial charge in [0.15, 0.2) is 5.44 Å². The van der Waals surface area contributed by atoms with E-state index in [1.165, 1.54) is 17.8 Å². The number of fused-ring (bicyclic) bond motifs is 1. The van der Waals surface area contributed by atoms with Crippen LogP contribution in [0.4, 0.5) is 0 Å². The number of benzene rings is 1. The zero-order valence-electron chi connectivity index (χ0n) is 11.8. The van der Waals surface area contributed by atoms with Gasteiger partial charge in [-0.15, -0.1) is 11.8 Å². The number of rotatable bonds is 2. The monoisotopic (exact) mass is 324 g/mol. The lowest BCUT2D eigenvalue weighted by Crippen LogP contribution is -2.50. The van der Waals surface area contributed by atoms with Crippen LogP contribution in [0, 0.1) is 6.92 Å². The Morgan fingerprint density at radius 3 is 2.77 bits per heavy atom. The van der Waals surface area contributed by atoms with E-state index in [1.807, 2.05) is 6.92 Å². The molecule has 3 rings (SSSR count). The molecule has 1 saturated heterocycles. The first-order valence-corrected chi connectivity index (χ1v) is 7.87. The van der Waals surface area contributed by atoms with Gasteiger partial charge in [0.1, 0.15) is 23.5 Å². The van der Waals surface area contributed by atoms with E-state index in [9.17, 15) is 20.1 Å². The molecule has 0 radical (unpaired) electrons. The van der Waals surface area contributed by atoms with Crippen LogP contribution < -0.4 is 10.4 Å². The summed E-state index contributed by atoms with van der Waals surface area (Å²) in [6.45, 7) is 1.82. The van der Waals surface area contributed by atoms with Crippen LogP contribution in [0.15, 0.2) is 33.5 Å². The van der Waals surface area contributed by atoms with Gasteiger partial charge in [-0.1, -0.05) is 0 Å². The van der Waals surface area contributed by atoms with Gasteiger partial charge in [0.2, 0.25) is 0 Å². The summed E-state index contributed by atoms with van der Waals surface area (Å²) >= 11 is 1.22. The third-order valence-corrected chi connectivity index (χ3v) is 4.87. The summed E-state index contributed by atoms with van der Waals surface area (Å²) in [5.41, 5.74) is 0.0713. The minimum absolute atomic E-state index is 0.269. The molecule has 3 N–H and O–H groups in total. The Labute approximate surface area is 130 Å². The Morgan fingerprint density at radius 1 is 1.23 bits per heavy atom. The molecular weight excluding hydrogens is 308 g/mol. The average Bonchev–Trinajstić information content (AvgIpc) is 2.47. The number of aliphatic hydroxyl groups excluding tert-OH is 3. The van der Waals surface area contributed by atoms with E-state index < -0.39 is 29.4 Å². The van der Waals surface area contributed by atoms with Crippen molar-refractivity contribution < 1.29 is 24.5 Å². The lowest BCUT2D eigenvalue weighted by Gasteiger charge is -2.34. The minimum atomic E-state index is -1.24. The minimum Gasteiger partial charge on any atom is -0.477 e. The zero-order valence-corrected chi connectivity index (χ0v) is 12.6. The highest BCUT2D eigenvalue weighted by molar-refractivity contribution is 7.99. The predicted octanol–water partition coefficient (Wildman–Crippen LogP) is 0.636. The maximum absolute atomic E-state index is 11.4. The van der Waals surface area contributed by atoms with Gasteiger partial charge < -0.3 is 24.5 Å². The molecule has 2 aromatic rings. The Bertz CT molecular complexity index is 742. The van der Waals surface area contributed by atoms with Crippen molar-refractivity contribution in [3.05, 3.63) is 40.2 Å². The fraction of sp³-hybridized carbons (Fsp3) is 0.400. The third kappa shape index (κ3) is 2.85. The molecule has 118 valence electrons. The molecule has 4 atom stereocenters. The Balaban J connectivity index is 1.87. The largest absolute Gasteiger partial charge is 0.477 e. The molecule has 1 aromatic heterocycles. The molecule has 0 aliphatic carbocycles. The van der Waals surface area contributed by atoms with Gasteiger partial charge in [0, 0.05) is 23.3 Å². The second-order valence-electron chi connectivity index (χ2n) is 5.27. The van der Waals surface area contributed by atoms with Gasteiger partial charge in [-0.25, -0.2) is 4.79 Å². The molecule has 0 bridgehead atoms. The van der Waals surface area contributed by atoms with Gasteiger partial charge in [-0.3, -0.25) is 0 Å². The number of hydrogen-bond acceptors (Lipinski definition) is 7. The molecule has 2 heterocycles. The van der Waals surface area contributed by atoms with Crippen LogP contribution in [0.3, 0.4) is 0 Å². The standard InChI is InChI=1S/C15H16O6S/c1-7-4-12(17)21-11-5-8(2-3-9(7)11)20-15-14(19)13(18)10(16)6-22-15/h2-5,10,13-16,18-19H,6H2,1H3/t10-,13+,14-,15?/m1/s1. The topological polar surface area (TPSA) is 100 Å². The number of hydrogen-bond donors (Lipinski definition) is 3. The van der Waals surface area contributed by atoms with Crippen LogP contribution >= 0.6 is 11.8 Å². The number of ether oxygens (including phenoxy) is 1. The van der Waals surface area contributed by atoms with Crippen LogP contribution in [0.2, 0.25) is 0 Å². The summed E-state index contributed by atoms with van der Waals surface area (Å²) in [7, 11) is 0. The smallest absolute Gasteiger partial charge is 0.336 e. The van der Waals surface area contributed by atoms with E-state index in [1.54, 1.807) is 18.2 Å². The van der Waals surface area contributed by atoms with Crippen LogP contribution in [0.25, 0.3) is 11.0 Å². The van der Waals surface area contributed by atoms with Crippen molar-refractivity contribution in [2.45, 2.75) is 30.7 Å². The molecule has 1 aliphatic rings. The summed E-state index contributed by atoms with van der Waals surface area (Å²) in [6, 6.07) is 6.48. The molecule has 1 unspecified atom stereocenters. The van der Waals surface area contributed by atoms with E-state index in [4.69, 9.17) is 9.15 Å². The molecule has 0 saturated carbocycles. The maximum Gasteiger partial charge on any atom is 0.336 e. The van der Waals surface area contributed by atoms with Crippen LogP contribution in [-0.2, 0) is 0 Å². The quantitative estimate of drug-likeness (QED) is 0.697. The van der Waals surface area contributed by atoms with E-state index in [0.717, 1.165) is 10.9 Å². The van der Waals surface area contributed by atoms with Gasteiger partial charge in [0.25, 0.3) is 0 Å². The van der Waals surface area contributed by atoms with Crippen LogP contribution in [-0.4, -0.2) is 44.8 Å². The van der Waals surface area contributed by atoms with Gasteiger partial charge in [-0.05, 0) is 24.6 Å². The summed E-state index contributed by atoms with van der Waals surface area (Å²) in [4.78, 5) is 11.4. The molecule has 0 amide bonds. The SMILES string of the molecule is Cc1cc(=O)oc2cc(OC3SC[C@@H](O)[C@H](O)[C@H]3O)ccc12. The third-order valence-electron chi connectivity index (χ3n) is 3.63. The average molecular weight is 324 g/mol. The van der Waals surface area contributed by atoms with E-state index in [2.05, 4.69) is 0 Å². The fourth-order valence-corrected chi connectivity index (χ4v) is 3.52. The number of thioether (sulfide) groups is 1. The first-order chi connectivity index (χ1) is 10.5. The predicted molar refractivity (Wildman–Crippen MR) is 82.1 cm³/mol. The van der Waals surface area contributed by atoms with E-state index in [0.29, 0.717) is 11.3 Å². The first kappa shape index (κ1) is 15.4. The van der Waals surface area contributed by atoms with Crippen LogP contribution in [0.1, 0.15) is 5.56 Å². The van der Waals surface area contributed by atoms with Crippen molar-refractivity contribution >= 4 is 22.7 Å². The lowest BCUT2D eigenvalue weighted by atomic mass is 10.1. The molecule has 1 aromatic carbocycles. The Hall–Kier alpha value is -1.54. The molecule has 7 heteroatoms. The van der Waals surface area contributed by atoms with Gasteiger partial charge in [-0.2, -0.15) is 0 Å². The molecule has 0 spiro atoms. The van der Waals surface area contributed by atoms with Crippen molar-refractivity contribution in [2.75, 3.05) is 5.75 Å². The highest BCUT2D eigenvalue weighted by Crippen LogP contribution is 2.30. The normalized spacial score (nSPS) is 28.7. The highest BCUT2D eigenvalue weighted by Gasteiger charge is 2.38. The second-order valence-corrected chi connectivity index (χ2v) is 6.41. The summed E-state index contributed by atoms with van der Waals surface area (Å²) in [6.07, 6.45) is -3.42. The molecule has 6 nitrogen and oxygen atoms in total. The van der Waals surface area contributed by atoms with Crippen molar-refractivity contribution in [2.24, 2.45) is 0 Å². The Kier molecular flexibility index (Phi) is 4.14. The van der Waals surface area contributed by atoms with Crippen molar-refractivity contribution in [1.29, 1.82) is 0 Å². The Morgan fingerprint density at radius 2 is 2.00 bits per heavy atom. The molecule has 22 heavy (non-hydrogen) atoms. The second kappa shape index (κ2) is 5.92. The number of aliphatic hydroxyl groups is 3. The zero-order chi connectivity index (χ0) is 15.9. The summed E-state index contributed by atoms with van der Waals surface area (Å²) < 4.78 is 10.8. The van der Waals surface area contributed by atoms with E-state index in [-0.39, 0.29) is 5.75 Å². The first-order valence-electron chi connectivity index (χ1n) is 6.82. The van der Waals surface area contributed by atoms with E-state index >= 15 is 0 Å². The fourth-order valence-electron chi connectivity index (χ4n) is 2.40. The van der Waals surface area contributed by atoms with Crippen molar-refractivity contribution in [1.82, 2.24) is 0 Å².